The highest BCUT2D eigenvalue weighted by Gasteiger charge is 2.33. The van der Waals surface area contributed by atoms with Crippen LogP contribution in [0.25, 0.3) is 16.6 Å². The number of aryl methyl sites for hydroxylation is 1. The topological polar surface area (TPSA) is 53.4 Å². The Morgan fingerprint density at radius 2 is 2.03 bits per heavy atom. The maximum atomic E-state index is 14.3. The van der Waals surface area contributed by atoms with Gasteiger partial charge in [0.2, 0.25) is 0 Å². The van der Waals surface area contributed by atoms with Gasteiger partial charge < -0.3 is 14.8 Å². The highest BCUT2D eigenvalue weighted by molar-refractivity contribution is 5.99. The average molecular weight is 492 g/mol. The Morgan fingerprint density at radius 1 is 1.25 bits per heavy atom. The number of pyridine rings is 1. The van der Waals surface area contributed by atoms with E-state index in [2.05, 4.69) is 35.2 Å². The summed E-state index contributed by atoms with van der Waals surface area (Å²) in [5, 5.41) is 4.60. The first-order valence-electron chi connectivity index (χ1n) is 13.2. The molecule has 2 saturated heterocycles. The molecule has 2 aliphatic heterocycles. The standard InChI is InChI=1S/C29H38FN5O/c1-18(2)33(5)29(36)25-11-24(30)6-7-26(25)35-17-22(28-19(3)12-31-15-27(28)35)10-21-8-9-34(16-21)20(4)23-13-32-14-23/h6-7,11-12,15,17-18,20-21,23,32H,8-10,13-14,16H2,1-5H3/t20-,21-/m0/s1. The number of nitrogens with zero attached hydrogens (tertiary/aromatic N) is 4. The summed E-state index contributed by atoms with van der Waals surface area (Å²) in [6.45, 7) is 12.9. The molecule has 0 radical (unpaired) electrons. The van der Waals surface area contributed by atoms with Crippen molar-refractivity contribution in [2.24, 2.45) is 11.8 Å². The number of carbonyl (C=O) groups is 1. The number of benzene rings is 1. The quantitative estimate of drug-likeness (QED) is 0.532. The van der Waals surface area contributed by atoms with E-state index < -0.39 is 5.82 Å². The van der Waals surface area contributed by atoms with Crippen LogP contribution in [0.1, 0.15) is 48.7 Å². The van der Waals surface area contributed by atoms with Crippen molar-refractivity contribution >= 4 is 16.8 Å². The minimum absolute atomic E-state index is 0.0120. The van der Waals surface area contributed by atoms with Gasteiger partial charge >= 0.3 is 0 Å². The lowest BCUT2D eigenvalue weighted by molar-refractivity contribution is 0.0754. The molecule has 1 aromatic carbocycles. The number of amides is 1. The monoisotopic (exact) mass is 491 g/mol. The number of halogens is 1. The fourth-order valence-electron chi connectivity index (χ4n) is 5.77. The van der Waals surface area contributed by atoms with Gasteiger partial charge in [0.15, 0.2) is 0 Å². The van der Waals surface area contributed by atoms with Crippen molar-refractivity contribution in [2.75, 3.05) is 33.2 Å². The minimum Gasteiger partial charge on any atom is -0.339 e. The van der Waals surface area contributed by atoms with Crippen molar-refractivity contribution in [3.63, 3.8) is 0 Å². The summed E-state index contributed by atoms with van der Waals surface area (Å²) in [5.74, 6) is 0.757. The molecule has 6 nitrogen and oxygen atoms in total. The Balaban J connectivity index is 1.50. The predicted octanol–water partition coefficient (Wildman–Crippen LogP) is 4.43. The first-order valence-corrected chi connectivity index (χ1v) is 13.2. The third kappa shape index (κ3) is 4.55. The number of rotatable bonds is 7. The fraction of sp³-hybridized carbons (Fsp3) is 0.517. The Bertz CT molecular complexity index is 1260. The molecular weight excluding hydrogens is 453 g/mol. The number of aromatic nitrogens is 2. The number of nitrogens with one attached hydrogen (secondary N) is 1. The van der Waals surface area contributed by atoms with E-state index in [0.717, 1.165) is 49.6 Å². The second-order valence-corrected chi connectivity index (χ2v) is 11.1. The maximum absolute atomic E-state index is 14.3. The summed E-state index contributed by atoms with van der Waals surface area (Å²) in [5.41, 5.74) is 4.42. The van der Waals surface area contributed by atoms with Crippen molar-refractivity contribution < 1.29 is 9.18 Å². The van der Waals surface area contributed by atoms with Crippen LogP contribution in [0.5, 0.6) is 0 Å². The molecule has 2 aromatic heterocycles. The number of hydrogen-bond acceptors (Lipinski definition) is 4. The van der Waals surface area contributed by atoms with E-state index in [1.165, 1.54) is 29.5 Å². The van der Waals surface area contributed by atoms with Gasteiger partial charge in [0.05, 0.1) is 23.0 Å². The second-order valence-electron chi connectivity index (χ2n) is 11.1. The molecule has 5 rings (SSSR count). The first-order chi connectivity index (χ1) is 17.2. The van der Waals surface area contributed by atoms with E-state index in [1.807, 2.05) is 30.8 Å². The van der Waals surface area contributed by atoms with Crippen molar-refractivity contribution in [3.05, 3.63) is 59.3 Å². The van der Waals surface area contributed by atoms with Gasteiger partial charge in [0.25, 0.3) is 5.91 Å². The van der Waals surface area contributed by atoms with Crippen molar-refractivity contribution in [1.82, 2.24) is 24.7 Å². The molecule has 1 N–H and O–H groups in total. The molecule has 36 heavy (non-hydrogen) atoms. The summed E-state index contributed by atoms with van der Waals surface area (Å²) in [7, 11) is 1.76. The molecule has 2 atom stereocenters. The summed E-state index contributed by atoms with van der Waals surface area (Å²) in [4.78, 5) is 22.1. The van der Waals surface area contributed by atoms with Crippen molar-refractivity contribution in [1.29, 1.82) is 0 Å². The van der Waals surface area contributed by atoms with Crippen LogP contribution in [-0.4, -0.2) is 70.6 Å². The second kappa shape index (κ2) is 9.94. The molecule has 4 heterocycles. The summed E-state index contributed by atoms with van der Waals surface area (Å²) >= 11 is 0. The summed E-state index contributed by atoms with van der Waals surface area (Å²) in [6.07, 6.45) is 8.10. The van der Waals surface area contributed by atoms with Crippen LogP contribution >= 0.6 is 0 Å². The summed E-state index contributed by atoms with van der Waals surface area (Å²) in [6, 6.07) is 5.14. The zero-order chi connectivity index (χ0) is 25.6. The minimum atomic E-state index is -0.410. The van der Waals surface area contributed by atoms with Gasteiger partial charge in [0, 0.05) is 56.5 Å². The maximum Gasteiger partial charge on any atom is 0.256 e. The SMILES string of the molecule is Cc1cncc2c1c(C[C@@H]1CCN([C@@H](C)C3CNC3)C1)cn2-c1ccc(F)cc1C(=O)N(C)C(C)C. The Morgan fingerprint density at radius 3 is 2.72 bits per heavy atom. The normalized spacial score (nSPS) is 19.7. The first kappa shape index (κ1) is 24.9. The molecule has 0 spiro atoms. The average Bonchev–Trinajstić information content (AvgIpc) is 3.43. The van der Waals surface area contributed by atoms with Crippen molar-refractivity contribution in [2.45, 2.75) is 52.6 Å². The van der Waals surface area contributed by atoms with E-state index in [-0.39, 0.29) is 11.9 Å². The number of carbonyl (C=O) groups excluding carboxylic acids is 1. The Labute approximate surface area is 213 Å². The smallest absolute Gasteiger partial charge is 0.256 e. The van der Waals surface area contributed by atoms with Gasteiger partial charge in [-0.2, -0.15) is 0 Å². The fourth-order valence-corrected chi connectivity index (χ4v) is 5.77. The molecule has 0 bridgehead atoms. The van der Waals surface area contributed by atoms with Gasteiger partial charge in [-0.3, -0.25) is 14.7 Å². The lowest BCUT2D eigenvalue weighted by atomic mass is 9.94. The molecule has 1 amide bonds. The van der Waals surface area contributed by atoms with Gasteiger partial charge in [0.1, 0.15) is 5.82 Å². The largest absolute Gasteiger partial charge is 0.339 e. The third-order valence-electron chi connectivity index (χ3n) is 8.42. The molecule has 2 fully saturated rings. The Kier molecular flexibility index (Phi) is 6.88. The van der Waals surface area contributed by atoms with Crippen LogP contribution < -0.4 is 5.32 Å². The van der Waals surface area contributed by atoms with Crippen LogP contribution in [0, 0.1) is 24.6 Å². The molecule has 7 heteroatoms. The molecule has 0 aliphatic carbocycles. The summed E-state index contributed by atoms with van der Waals surface area (Å²) < 4.78 is 16.4. The van der Waals surface area contributed by atoms with Gasteiger partial charge in [-0.1, -0.05) is 0 Å². The molecular formula is C29H38FN5O. The van der Waals surface area contributed by atoms with E-state index in [1.54, 1.807) is 18.0 Å². The molecule has 192 valence electrons. The van der Waals surface area contributed by atoms with Gasteiger partial charge in [-0.25, -0.2) is 4.39 Å². The number of hydrogen-bond donors (Lipinski definition) is 1. The van der Waals surface area contributed by atoms with Crippen molar-refractivity contribution in [3.8, 4) is 5.69 Å². The van der Waals surface area contributed by atoms with Crippen LogP contribution in [0.15, 0.2) is 36.8 Å². The number of fused-ring (bicyclic) bond motifs is 1. The molecule has 3 aromatic rings. The lowest BCUT2D eigenvalue weighted by Gasteiger charge is -2.38. The van der Waals surface area contributed by atoms with Crippen LogP contribution in [0.2, 0.25) is 0 Å². The van der Waals surface area contributed by atoms with Gasteiger partial charge in [-0.15, -0.1) is 0 Å². The zero-order valence-electron chi connectivity index (χ0n) is 22.1. The highest BCUT2D eigenvalue weighted by atomic mass is 19.1. The Hall–Kier alpha value is -2.77. The highest BCUT2D eigenvalue weighted by Crippen LogP contribution is 2.33. The third-order valence-corrected chi connectivity index (χ3v) is 8.42. The van der Waals surface area contributed by atoms with E-state index in [9.17, 15) is 9.18 Å². The molecule has 2 aliphatic rings. The van der Waals surface area contributed by atoms with Crippen LogP contribution in [-0.2, 0) is 6.42 Å². The predicted molar refractivity (Wildman–Crippen MR) is 142 cm³/mol. The molecule has 0 saturated carbocycles. The van der Waals surface area contributed by atoms with E-state index in [4.69, 9.17) is 0 Å². The van der Waals surface area contributed by atoms with Crippen LogP contribution in [0.4, 0.5) is 4.39 Å². The molecule has 0 unspecified atom stereocenters. The number of likely N-dealkylation sites (tertiary alicyclic amines) is 1. The van der Waals surface area contributed by atoms with Gasteiger partial charge in [-0.05, 0) is 88.2 Å². The zero-order valence-corrected chi connectivity index (χ0v) is 22.1. The lowest BCUT2D eigenvalue weighted by Crippen LogP contribution is -2.53. The van der Waals surface area contributed by atoms with Crippen LogP contribution in [0.3, 0.4) is 0 Å². The van der Waals surface area contributed by atoms with E-state index >= 15 is 0 Å². The van der Waals surface area contributed by atoms with E-state index in [0.29, 0.717) is 23.2 Å².